The Morgan fingerprint density at radius 2 is 1.91 bits per heavy atom. The van der Waals surface area contributed by atoms with E-state index in [2.05, 4.69) is 10.6 Å². The van der Waals surface area contributed by atoms with E-state index in [1.807, 2.05) is 0 Å². The van der Waals surface area contributed by atoms with Crippen LogP contribution in [0.5, 0.6) is 0 Å². The number of alkyl halides is 3. The van der Waals surface area contributed by atoms with Crippen LogP contribution in [0.1, 0.15) is 16.1 Å². The van der Waals surface area contributed by atoms with E-state index in [1.54, 1.807) is 0 Å². The second kappa shape index (κ2) is 6.33. The Labute approximate surface area is 123 Å². The summed E-state index contributed by atoms with van der Waals surface area (Å²) in [6, 6.07) is 7.14. The number of hydrogen-bond acceptors (Lipinski definition) is 3. The van der Waals surface area contributed by atoms with Crippen LogP contribution in [-0.4, -0.2) is 18.4 Å². The van der Waals surface area contributed by atoms with E-state index < -0.39 is 30.1 Å². The number of furan rings is 1. The van der Waals surface area contributed by atoms with Gasteiger partial charge in [0.1, 0.15) is 0 Å². The summed E-state index contributed by atoms with van der Waals surface area (Å²) in [7, 11) is 0. The van der Waals surface area contributed by atoms with Gasteiger partial charge in [0, 0.05) is 5.69 Å². The van der Waals surface area contributed by atoms with Crippen molar-refractivity contribution in [1.82, 2.24) is 5.32 Å². The van der Waals surface area contributed by atoms with Crippen LogP contribution in [0.4, 0.5) is 18.9 Å². The summed E-state index contributed by atoms with van der Waals surface area (Å²) in [5, 5.41) is 4.55. The summed E-state index contributed by atoms with van der Waals surface area (Å²) in [6.45, 7) is -0.393. The summed E-state index contributed by atoms with van der Waals surface area (Å²) in [5.41, 5.74) is -0.878. The van der Waals surface area contributed by atoms with Crippen LogP contribution in [-0.2, 0) is 11.0 Å². The lowest BCUT2D eigenvalue weighted by Gasteiger charge is -2.10. The van der Waals surface area contributed by atoms with Crippen LogP contribution in [0.2, 0.25) is 0 Å². The molecular weight excluding hydrogens is 301 g/mol. The molecule has 0 aliphatic rings. The molecule has 1 heterocycles. The molecule has 0 saturated heterocycles. The van der Waals surface area contributed by atoms with Gasteiger partial charge in [0.05, 0.1) is 18.4 Å². The molecule has 5 nitrogen and oxygen atoms in total. The van der Waals surface area contributed by atoms with Crippen molar-refractivity contribution in [3.8, 4) is 0 Å². The van der Waals surface area contributed by atoms with Crippen molar-refractivity contribution in [3.63, 3.8) is 0 Å². The third-order valence-corrected chi connectivity index (χ3v) is 2.63. The Morgan fingerprint density at radius 3 is 2.55 bits per heavy atom. The number of carbonyl (C=O) groups excluding carboxylic acids is 2. The predicted octanol–water partition coefficient (Wildman–Crippen LogP) is 2.67. The Kier molecular flexibility index (Phi) is 4.50. The highest BCUT2D eigenvalue weighted by molar-refractivity contribution is 5.98. The van der Waals surface area contributed by atoms with E-state index in [1.165, 1.54) is 30.5 Å². The molecule has 2 rings (SSSR count). The number of rotatable bonds is 4. The summed E-state index contributed by atoms with van der Waals surface area (Å²) >= 11 is 0. The van der Waals surface area contributed by atoms with Crippen molar-refractivity contribution in [2.45, 2.75) is 6.18 Å². The largest absolute Gasteiger partial charge is 0.459 e. The number of amides is 2. The van der Waals surface area contributed by atoms with Gasteiger partial charge in [-0.25, -0.2) is 0 Å². The maximum atomic E-state index is 12.5. The third-order valence-electron chi connectivity index (χ3n) is 2.63. The minimum Gasteiger partial charge on any atom is -0.459 e. The topological polar surface area (TPSA) is 71.3 Å². The molecule has 0 aliphatic heterocycles. The zero-order chi connectivity index (χ0) is 16.2. The van der Waals surface area contributed by atoms with Crippen molar-refractivity contribution >= 4 is 17.5 Å². The van der Waals surface area contributed by atoms with Crippen LogP contribution < -0.4 is 10.6 Å². The van der Waals surface area contributed by atoms with E-state index in [9.17, 15) is 22.8 Å². The van der Waals surface area contributed by atoms with Crippen molar-refractivity contribution in [2.24, 2.45) is 0 Å². The summed E-state index contributed by atoms with van der Waals surface area (Å²) in [6.07, 6.45) is -3.19. The molecule has 0 fully saturated rings. The monoisotopic (exact) mass is 312 g/mol. The minimum absolute atomic E-state index is 0.00734. The molecule has 0 saturated carbocycles. The second-order valence-corrected chi connectivity index (χ2v) is 4.29. The van der Waals surface area contributed by atoms with Crippen molar-refractivity contribution in [2.75, 3.05) is 11.9 Å². The lowest BCUT2D eigenvalue weighted by atomic mass is 10.2. The summed E-state index contributed by atoms with van der Waals surface area (Å²) in [5.74, 6) is -1.21. The molecule has 2 aromatic rings. The number of hydrogen-bond donors (Lipinski definition) is 2. The maximum Gasteiger partial charge on any atom is 0.416 e. The Bertz CT molecular complexity index is 666. The van der Waals surface area contributed by atoms with Crippen molar-refractivity contribution < 1.29 is 27.2 Å². The molecular formula is C14H11F3N2O3. The number of halogens is 3. The molecule has 2 amide bonds. The predicted molar refractivity (Wildman–Crippen MR) is 71.1 cm³/mol. The van der Waals surface area contributed by atoms with Gasteiger partial charge in [-0.3, -0.25) is 9.59 Å². The highest BCUT2D eigenvalue weighted by Gasteiger charge is 2.30. The standard InChI is InChI=1S/C14H11F3N2O3/c15-14(16,17)9-3-1-4-10(7-9)19-12(20)8-18-13(21)11-5-2-6-22-11/h1-7H,8H2,(H,18,21)(H,19,20). The van der Waals surface area contributed by atoms with E-state index in [0.717, 1.165) is 12.1 Å². The first kappa shape index (κ1) is 15.6. The van der Waals surface area contributed by atoms with Crippen LogP contribution in [0, 0.1) is 0 Å². The van der Waals surface area contributed by atoms with Crippen LogP contribution in [0.15, 0.2) is 47.1 Å². The van der Waals surface area contributed by atoms with Gasteiger partial charge >= 0.3 is 6.18 Å². The van der Waals surface area contributed by atoms with E-state index in [-0.39, 0.29) is 11.4 Å². The van der Waals surface area contributed by atoms with Crippen LogP contribution in [0.3, 0.4) is 0 Å². The van der Waals surface area contributed by atoms with Crippen LogP contribution >= 0.6 is 0 Å². The number of carbonyl (C=O) groups is 2. The SMILES string of the molecule is O=C(CNC(=O)c1ccco1)Nc1cccc(C(F)(F)F)c1. The normalized spacial score (nSPS) is 11.0. The second-order valence-electron chi connectivity index (χ2n) is 4.29. The minimum atomic E-state index is -4.49. The molecule has 1 aromatic carbocycles. The average molecular weight is 312 g/mol. The smallest absolute Gasteiger partial charge is 0.416 e. The molecule has 0 aliphatic carbocycles. The van der Waals surface area contributed by atoms with Gasteiger partial charge in [-0.15, -0.1) is 0 Å². The Hall–Kier alpha value is -2.77. The van der Waals surface area contributed by atoms with Gasteiger partial charge < -0.3 is 15.1 Å². The fourth-order valence-electron chi connectivity index (χ4n) is 1.63. The first-order valence-electron chi connectivity index (χ1n) is 6.15. The third kappa shape index (κ3) is 4.11. The Morgan fingerprint density at radius 1 is 1.14 bits per heavy atom. The van der Waals surface area contributed by atoms with E-state index >= 15 is 0 Å². The number of benzene rings is 1. The first-order chi connectivity index (χ1) is 10.4. The summed E-state index contributed by atoms with van der Waals surface area (Å²) in [4.78, 5) is 23.1. The summed E-state index contributed by atoms with van der Waals surface area (Å²) < 4.78 is 42.4. The van der Waals surface area contributed by atoms with Gasteiger partial charge in [0.15, 0.2) is 5.76 Å². The zero-order valence-corrected chi connectivity index (χ0v) is 11.1. The molecule has 0 atom stereocenters. The number of nitrogens with one attached hydrogen (secondary N) is 2. The Balaban J connectivity index is 1.91. The van der Waals surface area contributed by atoms with E-state index in [0.29, 0.717) is 0 Å². The lowest BCUT2D eigenvalue weighted by molar-refractivity contribution is -0.137. The fraction of sp³-hybridized carbons (Fsp3) is 0.143. The lowest BCUT2D eigenvalue weighted by Crippen LogP contribution is -2.32. The number of anilines is 1. The maximum absolute atomic E-state index is 12.5. The highest BCUT2D eigenvalue weighted by atomic mass is 19.4. The molecule has 2 N–H and O–H groups in total. The average Bonchev–Trinajstić information content (AvgIpc) is 2.98. The van der Waals surface area contributed by atoms with Crippen LogP contribution in [0.25, 0.3) is 0 Å². The molecule has 0 radical (unpaired) electrons. The van der Waals surface area contributed by atoms with Gasteiger partial charge in [0.25, 0.3) is 5.91 Å². The molecule has 0 spiro atoms. The molecule has 22 heavy (non-hydrogen) atoms. The quantitative estimate of drug-likeness (QED) is 0.912. The van der Waals surface area contributed by atoms with Gasteiger partial charge in [-0.2, -0.15) is 13.2 Å². The zero-order valence-electron chi connectivity index (χ0n) is 11.1. The first-order valence-corrected chi connectivity index (χ1v) is 6.15. The van der Waals surface area contributed by atoms with E-state index in [4.69, 9.17) is 4.42 Å². The van der Waals surface area contributed by atoms with Crippen molar-refractivity contribution in [3.05, 3.63) is 54.0 Å². The fourth-order valence-corrected chi connectivity index (χ4v) is 1.63. The molecule has 0 bridgehead atoms. The van der Waals surface area contributed by atoms with Gasteiger partial charge in [-0.1, -0.05) is 6.07 Å². The molecule has 0 unspecified atom stereocenters. The van der Waals surface area contributed by atoms with Crippen molar-refractivity contribution in [1.29, 1.82) is 0 Å². The highest BCUT2D eigenvalue weighted by Crippen LogP contribution is 2.30. The van der Waals surface area contributed by atoms with Gasteiger partial charge in [0.2, 0.25) is 5.91 Å². The van der Waals surface area contributed by atoms with Gasteiger partial charge in [-0.05, 0) is 30.3 Å². The molecule has 116 valence electrons. The molecule has 8 heteroatoms. The molecule has 1 aromatic heterocycles.